The molecule has 5 nitrogen and oxygen atoms in total. The first-order valence-electron chi connectivity index (χ1n) is 5.78. The maximum Gasteiger partial charge on any atom is 0.308 e. The van der Waals surface area contributed by atoms with Gasteiger partial charge in [-0.3, -0.25) is 9.59 Å². The van der Waals surface area contributed by atoms with Crippen molar-refractivity contribution in [2.24, 2.45) is 0 Å². The van der Waals surface area contributed by atoms with Crippen molar-refractivity contribution >= 4 is 11.9 Å². The molecule has 0 fully saturated rings. The SMILES string of the molecule is CC(=O)Oc1ccccc1CNCCCC(=O)O. The summed E-state index contributed by atoms with van der Waals surface area (Å²) in [7, 11) is 0. The minimum absolute atomic E-state index is 0.151. The number of ether oxygens (including phenoxy) is 1. The van der Waals surface area contributed by atoms with Crippen LogP contribution >= 0.6 is 0 Å². The Labute approximate surface area is 106 Å². The summed E-state index contributed by atoms with van der Waals surface area (Å²) < 4.78 is 5.07. The number of carbonyl (C=O) groups excluding carboxylic acids is 1. The molecule has 0 radical (unpaired) electrons. The quantitative estimate of drug-likeness (QED) is 0.437. The molecule has 1 aromatic rings. The van der Waals surface area contributed by atoms with Crippen molar-refractivity contribution in [1.82, 2.24) is 5.32 Å². The molecule has 18 heavy (non-hydrogen) atoms. The van der Waals surface area contributed by atoms with Crippen LogP contribution in [-0.2, 0) is 16.1 Å². The second-order valence-corrected chi connectivity index (χ2v) is 3.88. The standard InChI is InChI=1S/C13H17NO4/c1-10(15)18-12-6-3-2-5-11(12)9-14-8-4-7-13(16)17/h2-3,5-6,14H,4,7-9H2,1H3,(H,16,17). The monoisotopic (exact) mass is 251 g/mol. The highest BCUT2D eigenvalue weighted by Gasteiger charge is 2.04. The Bertz CT molecular complexity index is 417. The molecule has 0 saturated carbocycles. The summed E-state index contributed by atoms with van der Waals surface area (Å²) in [6, 6.07) is 7.26. The molecule has 0 aliphatic rings. The van der Waals surface area contributed by atoms with E-state index in [4.69, 9.17) is 9.84 Å². The van der Waals surface area contributed by atoms with Gasteiger partial charge in [-0.2, -0.15) is 0 Å². The van der Waals surface area contributed by atoms with Gasteiger partial charge < -0.3 is 15.2 Å². The molecule has 0 heterocycles. The molecular formula is C13H17NO4. The Morgan fingerprint density at radius 1 is 1.33 bits per heavy atom. The molecule has 2 N–H and O–H groups in total. The van der Waals surface area contributed by atoms with Crippen LogP contribution in [0.4, 0.5) is 0 Å². The highest BCUT2D eigenvalue weighted by molar-refractivity contribution is 5.69. The van der Waals surface area contributed by atoms with E-state index in [1.165, 1.54) is 6.92 Å². The lowest BCUT2D eigenvalue weighted by Crippen LogP contribution is -2.16. The number of hydrogen-bond acceptors (Lipinski definition) is 4. The normalized spacial score (nSPS) is 10.1. The Kier molecular flexibility index (Phi) is 5.87. The Hall–Kier alpha value is -1.88. The zero-order valence-corrected chi connectivity index (χ0v) is 10.3. The van der Waals surface area contributed by atoms with Crippen molar-refractivity contribution in [3.05, 3.63) is 29.8 Å². The van der Waals surface area contributed by atoms with Crippen LogP contribution in [0.5, 0.6) is 5.75 Å². The number of carbonyl (C=O) groups is 2. The highest BCUT2D eigenvalue weighted by atomic mass is 16.5. The summed E-state index contributed by atoms with van der Waals surface area (Å²) in [6.07, 6.45) is 0.726. The van der Waals surface area contributed by atoms with Gasteiger partial charge in [-0.25, -0.2) is 0 Å². The lowest BCUT2D eigenvalue weighted by Gasteiger charge is -2.09. The van der Waals surface area contributed by atoms with Gasteiger partial charge in [-0.1, -0.05) is 18.2 Å². The van der Waals surface area contributed by atoms with Crippen LogP contribution < -0.4 is 10.1 Å². The zero-order valence-electron chi connectivity index (χ0n) is 10.3. The summed E-state index contributed by atoms with van der Waals surface area (Å²) in [4.78, 5) is 21.2. The van der Waals surface area contributed by atoms with Gasteiger partial charge in [-0.15, -0.1) is 0 Å². The Morgan fingerprint density at radius 3 is 2.72 bits per heavy atom. The summed E-state index contributed by atoms with van der Waals surface area (Å²) in [5.41, 5.74) is 0.878. The number of benzene rings is 1. The molecule has 0 unspecified atom stereocenters. The number of esters is 1. The number of carboxylic acids is 1. The summed E-state index contributed by atoms with van der Waals surface area (Å²) in [5.74, 6) is -0.610. The second-order valence-electron chi connectivity index (χ2n) is 3.88. The maximum absolute atomic E-state index is 10.9. The smallest absolute Gasteiger partial charge is 0.308 e. The van der Waals surface area contributed by atoms with Gasteiger partial charge in [0, 0.05) is 25.5 Å². The van der Waals surface area contributed by atoms with Crippen LogP contribution in [0, 0.1) is 0 Å². The topological polar surface area (TPSA) is 75.6 Å². The zero-order chi connectivity index (χ0) is 13.4. The van der Waals surface area contributed by atoms with E-state index in [-0.39, 0.29) is 12.4 Å². The van der Waals surface area contributed by atoms with Gasteiger partial charge in [0.05, 0.1) is 0 Å². The minimum atomic E-state index is -0.794. The summed E-state index contributed by atoms with van der Waals surface area (Å²) in [6.45, 7) is 2.51. The molecule has 98 valence electrons. The van der Waals surface area contributed by atoms with E-state index in [1.54, 1.807) is 12.1 Å². The molecule has 0 saturated heterocycles. The van der Waals surface area contributed by atoms with Crippen LogP contribution in [-0.4, -0.2) is 23.6 Å². The van der Waals surface area contributed by atoms with Crippen LogP contribution in [0.3, 0.4) is 0 Å². The number of para-hydroxylation sites is 1. The van der Waals surface area contributed by atoms with E-state index < -0.39 is 5.97 Å². The maximum atomic E-state index is 10.9. The lowest BCUT2D eigenvalue weighted by molar-refractivity contribution is -0.137. The van der Waals surface area contributed by atoms with E-state index in [1.807, 2.05) is 12.1 Å². The average molecular weight is 251 g/mol. The van der Waals surface area contributed by atoms with E-state index >= 15 is 0 Å². The van der Waals surface area contributed by atoms with Crippen molar-refractivity contribution in [1.29, 1.82) is 0 Å². The first-order chi connectivity index (χ1) is 8.59. The van der Waals surface area contributed by atoms with Crippen molar-refractivity contribution in [2.45, 2.75) is 26.3 Å². The Morgan fingerprint density at radius 2 is 2.06 bits per heavy atom. The van der Waals surface area contributed by atoms with Crippen LogP contribution in [0.15, 0.2) is 24.3 Å². The van der Waals surface area contributed by atoms with E-state index in [0.717, 1.165) is 5.56 Å². The number of hydrogen-bond donors (Lipinski definition) is 2. The van der Waals surface area contributed by atoms with E-state index in [9.17, 15) is 9.59 Å². The van der Waals surface area contributed by atoms with Crippen LogP contribution in [0.2, 0.25) is 0 Å². The molecule has 0 amide bonds. The third-order valence-electron chi connectivity index (χ3n) is 2.29. The summed E-state index contributed by atoms with van der Waals surface area (Å²) >= 11 is 0. The third-order valence-corrected chi connectivity index (χ3v) is 2.29. The minimum Gasteiger partial charge on any atom is -0.481 e. The van der Waals surface area contributed by atoms with Crippen molar-refractivity contribution < 1.29 is 19.4 Å². The highest BCUT2D eigenvalue weighted by Crippen LogP contribution is 2.17. The van der Waals surface area contributed by atoms with Crippen molar-refractivity contribution in [2.75, 3.05) is 6.54 Å². The van der Waals surface area contributed by atoms with Crippen LogP contribution in [0.25, 0.3) is 0 Å². The molecule has 0 aliphatic heterocycles. The molecule has 0 aliphatic carbocycles. The predicted molar refractivity (Wildman–Crippen MR) is 66.3 cm³/mol. The fourth-order valence-corrected chi connectivity index (χ4v) is 1.49. The van der Waals surface area contributed by atoms with Gasteiger partial charge in [-0.05, 0) is 19.0 Å². The molecular weight excluding hydrogens is 234 g/mol. The van der Waals surface area contributed by atoms with Gasteiger partial charge in [0.25, 0.3) is 0 Å². The van der Waals surface area contributed by atoms with E-state index in [0.29, 0.717) is 25.3 Å². The molecule has 1 rings (SSSR count). The number of carboxylic acid groups (broad SMARTS) is 1. The number of aliphatic carboxylic acids is 1. The third kappa shape index (κ3) is 5.45. The predicted octanol–water partition coefficient (Wildman–Crippen LogP) is 1.57. The Balaban J connectivity index is 2.41. The number of rotatable bonds is 7. The van der Waals surface area contributed by atoms with Gasteiger partial charge in [0.1, 0.15) is 5.75 Å². The molecule has 1 aromatic carbocycles. The summed E-state index contributed by atoms with van der Waals surface area (Å²) in [5, 5.41) is 11.6. The second kappa shape index (κ2) is 7.45. The first-order valence-corrected chi connectivity index (χ1v) is 5.78. The first kappa shape index (κ1) is 14.2. The molecule has 0 spiro atoms. The molecule has 0 aromatic heterocycles. The number of nitrogens with one attached hydrogen (secondary N) is 1. The molecule has 5 heteroatoms. The van der Waals surface area contributed by atoms with Crippen molar-refractivity contribution in [3.8, 4) is 5.75 Å². The largest absolute Gasteiger partial charge is 0.481 e. The van der Waals surface area contributed by atoms with E-state index in [2.05, 4.69) is 5.32 Å². The van der Waals surface area contributed by atoms with Gasteiger partial charge in [0.2, 0.25) is 0 Å². The van der Waals surface area contributed by atoms with Gasteiger partial charge >= 0.3 is 11.9 Å². The lowest BCUT2D eigenvalue weighted by atomic mass is 10.2. The molecule has 0 atom stereocenters. The van der Waals surface area contributed by atoms with Crippen LogP contribution in [0.1, 0.15) is 25.3 Å². The average Bonchev–Trinajstić information content (AvgIpc) is 2.29. The fraction of sp³-hybridized carbons (Fsp3) is 0.385. The van der Waals surface area contributed by atoms with Crippen molar-refractivity contribution in [3.63, 3.8) is 0 Å². The fourth-order valence-electron chi connectivity index (χ4n) is 1.49. The van der Waals surface area contributed by atoms with Gasteiger partial charge in [0.15, 0.2) is 0 Å². The molecule has 0 bridgehead atoms.